The molecule has 0 saturated carbocycles. The fourth-order valence-corrected chi connectivity index (χ4v) is 3.25. The number of hydrogen-bond donors (Lipinski definition) is 3. The highest BCUT2D eigenvalue weighted by Crippen LogP contribution is 2.26. The molecule has 28 heavy (non-hydrogen) atoms. The van der Waals surface area contributed by atoms with Crippen LogP contribution in [0.2, 0.25) is 0 Å². The van der Waals surface area contributed by atoms with Crippen LogP contribution in [0, 0.1) is 0 Å². The van der Waals surface area contributed by atoms with E-state index in [0.29, 0.717) is 16.9 Å². The number of anilines is 1. The number of phenolic OH excluding ortho intramolecular Hbond substituents is 1. The first-order chi connectivity index (χ1) is 13.5. The van der Waals surface area contributed by atoms with Crippen molar-refractivity contribution in [3.63, 3.8) is 0 Å². The molecule has 1 aromatic heterocycles. The normalized spacial score (nSPS) is 11.6. The molecule has 0 aliphatic rings. The van der Waals surface area contributed by atoms with Crippen LogP contribution in [-0.2, 0) is 21.5 Å². The van der Waals surface area contributed by atoms with Gasteiger partial charge in [0.2, 0.25) is 0 Å². The van der Waals surface area contributed by atoms with Gasteiger partial charge in [-0.15, -0.1) is 0 Å². The minimum Gasteiger partial charge on any atom is -0.508 e. The van der Waals surface area contributed by atoms with Crippen molar-refractivity contribution in [2.75, 3.05) is 4.72 Å². The smallest absolute Gasteiger partial charge is 0.263 e. The summed E-state index contributed by atoms with van der Waals surface area (Å²) in [5.41, 5.74) is 1.21. The number of nitrogens with zero attached hydrogens (tertiary/aromatic N) is 3. The fourth-order valence-electron chi connectivity index (χ4n) is 2.25. The maximum atomic E-state index is 12.4. The van der Waals surface area contributed by atoms with E-state index in [9.17, 15) is 13.5 Å². The van der Waals surface area contributed by atoms with E-state index in [4.69, 9.17) is 5.26 Å². The monoisotopic (exact) mass is 400 g/mol. The van der Waals surface area contributed by atoms with Gasteiger partial charge >= 0.3 is 0 Å². The minimum absolute atomic E-state index is 0.0389. The fraction of sp³-hybridized carbons (Fsp3) is 0.0556. The Labute approximate surface area is 161 Å². The first-order valence-corrected chi connectivity index (χ1v) is 9.50. The van der Waals surface area contributed by atoms with Crippen LogP contribution >= 0.6 is 0 Å². The van der Waals surface area contributed by atoms with Crippen molar-refractivity contribution < 1.29 is 23.7 Å². The lowest BCUT2D eigenvalue weighted by Gasteiger charge is -2.07. The van der Waals surface area contributed by atoms with Crippen LogP contribution < -0.4 is 4.72 Å². The zero-order chi connectivity index (χ0) is 20.0. The second-order valence-electron chi connectivity index (χ2n) is 5.60. The van der Waals surface area contributed by atoms with Crippen LogP contribution in [0.1, 0.15) is 5.56 Å². The van der Waals surface area contributed by atoms with E-state index in [2.05, 4.69) is 24.8 Å². The van der Waals surface area contributed by atoms with E-state index in [1.165, 1.54) is 48.7 Å². The molecule has 0 amide bonds. The number of benzene rings is 2. The summed E-state index contributed by atoms with van der Waals surface area (Å²) in [6, 6.07) is 15.2. The molecule has 0 fully saturated rings. The van der Waals surface area contributed by atoms with Crippen molar-refractivity contribution in [3.05, 3.63) is 72.4 Å². The Kier molecular flexibility index (Phi) is 5.94. The summed E-state index contributed by atoms with van der Waals surface area (Å²) in [5, 5.41) is 26.2. The summed E-state index contributed by atoms with van der Waals surface area (Å²) in [7, 11) is -3.76. The highest BCUT2D eigenvalue weighted by molar-refractivity contribution is 7.92. The summed E-state index contributed by atoms with van der Waals surface area (Å²) < 4.78 is 27.1. The molecule has 0 atom stereocenters. The van der Waals surface area contributed by atoms with Crippen molar-refractivity contribution >= 4 is 27.2 Å². The van der Waals surface area contributed by atoms with Gasteiger partial charge in [-0.25, -0.2) is 18.3 Å². The summed E-state index contributed by atoms with van der Waals surface area (Å²) in [5.74, 6) is 0.184. The number of aromatic nitrogens is 1. The molecule has 0 spiro atoms. The van der Waals surface area contributed by atoms with Crippen LogP contribution in [0.4, 0.5) is 17.2 Å². The van der Waals surface area contributed by atoms with Crippen LogP contribution in [0.25, 0.3) is 0 Å². The van der Waals surface area contributed by atoms with E-state index < -0.39 is 10.0 Å². The van der Waals surface area contributed by atoms with Gasteiger partial charge in [-0.1, -0.05) is 6.07 Å². The van der Waals surface area contributed by atoms with Gasteiger partial charge in [-0.05, 0) is 54.6 Å². The van der Waals surface area contributed by atoms with Crippen molar-refractivity contribution in [2.24, 2.45) is 10.2 Å². The average molecular weight is 400 g/mol. The van der Waals surface area contributed by atoms with Crippen molar-refractivity contribution in [1.29, 1.82) is 0 Å². The average Bonchev–Trinajstić information content (AvgIpc) is 2.69. The molecule has 1 heterocycles. The van der Waals surface area contributed by atoms with Gasteiger partial charge in [0.25, 0.3) is 10.0 Å². The zero-order valence-corrected chi connectivity index (χ0v) is 15.2. The molecule has 0 radical (unpaired) electrons. The molecule has 0 aliphatic carbocycles. The Morgan fingerprint density at radius 1 is 1.00 bits per heavy atom. The second-order valence-corrected chi connectivity index (χ2v) is 7.28. The van der Waals surface area contributed by atoms with Crippen LogP contribution in [-0.4, -0.2) is 23.8 Å². The molecule has 0 saturated heterocycles. The lowest BCUT2D eigenvalue weighted by atomic mass is 10.2. The third-order valence-corrected chi connectivity index (χ3v) is 4.99. The topological polar surface area (TPSA) is 133 Å². The van der Waals surface area contributed by atoms with Crippen molar-refractivity contribution in [1.82, 2.24) is 4.98 Å². The molecule has 0 aliphatic heterocycles. The van der Waals surface area contributed by atoms with Gasteiger partial charge in [0.05, 0.1) is 16.3 Å². The van der Waals surface area contributed by atoms with Crippen LogP contribution in [0.5, 0.6) is 5.75 Å². The molecular weight excluding hydrogens is 384 g/mol. The highest BCUT2D eigenvalue weighted by Gasteiger charge is 2.14. The molecule has 3 N–H and O–H groups in total. The molecule has 0 bridgehead atoms. The standard InChI is InChI=1S/C18H16N4O5S/c23-17-9-6-15(11-13(17)12-27-24)21-20-14-4-7-16(8-5-14)28(25,26)22-18-3-1-2-10-19-18/h1-11,23-24H,12H2,(H,19,22). The summed E-state index contributed by atoms with van der Waals surface area (Å²) in [4.78, 5) is 8.00. The Hall–Kier alpha value is -3.34. The lowest BCUT2D eigenvalue weighted by Crippen LogP contribution is -2.13. The third kappa shape index (κ3) is 4.88. The maximum absolute atomic E-state index is 12.4. The van der Waals surface area contributed by atoms with Gasteiger partial charge in [-0.3, -0.25) is 9.98 Å². The highest BCUT2D eigenvalue weighted by atomic mass is 32.2. The van der Waals surface area contributed by atoms with E-state index in [1.807, 2.05) is 0 Å². The summed E-state index contributed by atoms with van der Waals surface area (Å²) >= 11 is 0. The van der Waals surface area contributed by atoms with Crippen LogP contribution in [0.15, 0.2) is 82.0 Å². The molecule has 3 rings (SSSR count). The molecular formula is C18H16N4O5S. The summed E-state index contributed by atoms with van der Waals surface area (Å²) in [6.45, 7) is -0.189. The number of nitrogens with one attached hydrogen (secondary N) is 1. The van der Waals surface area contributed by atoms with E-state index in [-0.39, 0.29) is 23.1 Å². The van der Waals surface area contributed by atoms with Crippen molar-refractivity contribution in [2.45, 2.75) is 11.5 Å². The van der Waals surface area contributed by atoms with E-state index >= 15 is 0 Å². The SMILES string of the molecule is O=S(=O)(Nc1ccccn1)c1ccc(N=Nc2ccc(O)c(COO)c2)cc1. The molecule has 144 valence electrons. The lowest BCUT2D eigenvalue weighted by molar-refractivity contribution is -0.253. The van der Waals surface area contributed by atoms with Gasteiger partial charge < -0.3 is 5.11 Å². The molecule has 2 aromatic carbocycles. The Balaban J connectivity index is 1.74. The van der Waals surface area contributed by atoms with Crippen LogP contribution in [0.3, 0.4) is 0 Å². The number of aromatic hydroxyl groups is 1. The first kappa shape index (κ1) is 19.4. The van der Waals surface area contributed by atoms with E-state index in [0.717, 1.165) is 0 Å². The van der Waals surface area contributed by atoms with Gasteiger partial charge in [0.1, 0.15) is 18.2 Å². The molecule has 10 heteroatoms. The van der Waals surface area contributed by atoms with Gasteiger partial charge in [0.15, 0.2) is 0 Å². The molecule has 0 unspecified atom stereocenters. The molecule has 3 aromatic rings. The van der Waals surface area contributed by atoms with Gasteiger partial charge in [-0.2, -0.15) is 10.2 Å². The zero-order valence-electron chi connectivity index (χ0n) is 14.4. The largest absolute Gasteiger partial charge is 0.508 e. The number of phenols is 1. The molecule has 9 nitrogen and oxygen atoms in total. The third-order valence-electron chi connectivity index (χ3n) is 3.61. The number of rotatable bonds is 7. The second kappa shape index (κ2) is 8.57. The van der Waals surface area contributed by atoms with E-state index in [1.54, 1.807) is 18.2 Å². The van der Waals surface area contributed by atoms with Gasteiger partial charge in [0, 0.05) is 11.8 Å². The number of azo groups is 1. The van der Waals surface area contributed by atoms with Crippen molar-refractivity contribution in [3.8, 4) is 5.75 Å². The predicted octanol–water partition coefficient (Wildman–Crippen LogP) is 3.99. The maximum Gasteiger partial charge on any atom is 0.263 e. The number of pyridine rings is 1. The number of sulfonamides is 1. The number of hydrogen-bond acceptors (Lipinski definition) is 8. The Bertz CT molecular complexity index is 1070. The predicted molar refractivity (Wildman–Crippen MR) is 101 cm³/mol. The Morgan fingerprint density at radius 3 is 2.39 bits per heavy atom. The minimum atomic E-state index is -3.76. The Morgan fingerprint density at radius 2 is 1.71 bits per heavy atom. The quantitative estimate of drug-likeness (QED) is 0.312. The first-order valence-electron chi connectivity index (χ1n) is 8.02. The summed E-state index contributed by atoms with van der Waals surface area (Å²) in [6.07, 6.45) is 1.49.